The van der Waals surface area contributed by atoms with E-state index in [9.17, 15) is 29.4 Å². The summed E-state index contributed by atoms with van der Waals surface area (Å²) in [5.74, 6) is -1.92. The number of fused-ring (bicyclic) bond motifs is 1. The van der Waals surface area contributed by atoms with Gasteiger partial charge in [0, 0.05) is 42.1 Å². The Labute approximate surface area is 249 Å². The Kier molecular flexibility index (Phi) is 8.41. The summed E-state index contributed by atoms with van der Waals surface area (Å²) in [6.45, 7) is 3.71. The summed E-state index contributed by atoms with van der Waals surface area (Å²) in [6, 6.07) is 11.8. The highest BCUT2D eigenvalue weighted by atomic mass is 35.5. The maximum absolute atomic E-state index is 13.8. The zero-order valence-corrected chi connectivity index (χ0v) is 24.3. The fourth-order valence-corrected chi connectivity index (χ4v) is 6.16. The molecule has 5 rings (SSSR count). The van der Waals surface area contributed by atoms with Crippen LogP contribution in [0, 0.1) is 5.92 Å². The molecular weight excluding hydrogens is 562 g/mol. The summed E-state index contributed by atoms with van der Waals surface area (Å²) < 4.78 is 5.18. The van der Waals surface area contributed by atoms with Crippen molar-refractivity contribution < 1.29 is 34.1 Å². The Morgan fingerprint density at radius 1 is 1.19 bits per heavy atom. The minimum atomic E-state index is -1.90. The smallest absolute Gasteiger partial charge is 0.304 e. The van der Waals surface area contributed by atoms with Crippen LogP contribution in [-0.4, -0.2) is 64.2 Å². The van der Waals surface area contributed by atoms with Gasteiger partial charge in [-0.3, -0.25) is 24.1 Å². The van der Waals surface area contributed by atoms with Crippen LogP contribution >= 0.6 is 11.6 Å². The number of likely N-dealkylation sites (tertiary alicyclic amines) is 1. The highest BCUT2D eigenvalue weighted by Crippen LogP contribution is 2.47. The van der Waals surface area contributed by atoms with Crippen molar-refractivity contribution in [1.29, 1.82) is 0 Å². The molecule has 3 aliphatic heterocycles. The summed E-state index contributed by atoms with van der Waals surface area (Å²) in [7, 11) is 0. The van der Waals surface area contributed by atoms with Crippen LogP contribution in [0.2, 0.25) is 5.02 Å². The Morgan fingerprint density at radius 2 is 1.93 bits per heavy atom. The molecule has 3 aliphatic rings. The SMILES string of the molecule is CC(=O)OC1CC(=O)N1c1ccc(CN2C(=O)[C@@](O)([C@@H](C)/C=C/CC(=O)N3CCC[C@H]3CO)c3cc(Cl)ccc32)cc1. The second kappa shape index (κ2) is 11.9. The van der Waals surface area contributed by atoms with E-state index in [4.69, 9.17) is 16.3 Å². The number of halogens is 1. The zero-order valence-electron chi connectivity index (χ0n) is 23.5. The molecule has 10 nitrogen and oxygen atoms in total. The molecule has 0 bridgehead atoms. The molecule has 222 valence electrons. The van der Waals surface area contributed by atoms with Crippen LogP contribution in [0.15, 0.2) is 54.6 Å². The monoisotopic (exact) mass is 595 g/mol. The molecule has 0 radical (unpaired) electrons. The number of β-lactam (4-membered cyclic amide) rings is 1. The number of aliphatic hydroxyl groups is 2. The molecule has 4 atom stereocenters. The van der Waals surface area contributed by atoms with Gasteiger partial charge in [-0.05, 0) is 48.7 Å². The molecule has 3 amide bonds. The fraction of sp³-hybridized carbons (Fsp3) is 0.419. The van der Waals surface area contributed by atoms with Gasteiger partial charge in [0.15, 0.2) is 11.8 Å². The maximum atomic E-state index is 13.8. The van der Waals surface area contributed by atoms with E-state index in [1.54, 1.807) is 66.4 Å². The van der Waals surface area contributed by atoms with Crippen LogP contribution in [0.1, 0.15) is 50.7 Å². The molecule has 0 saturated carbocycles. The van der Waals surface area contributed by atoms with Crippen molar-refractivity contribution in [2.75, 3.05) is 23.0 Å². The van der Waals surface area contributed by atoms with Gasteiger partial charge in [-0.15, -0.1) is 0 Å². The summed E-state index contributed by atoms with van der Waals surface area (Å²) in [5.41, 5.74) is 0.346. The number of nitrogens with zero attached hydrogens (tertiary/aromatic N) is 3. The van der Waals surface area contributed by atoms with E-state index in [0.29, 0.717) is 28.5 Å². The number of amides is 3. The second-order valence-electron chi connectivity index (χ2n) is 11.0. The molecule has 1 unspecified atom stereocenters. The van der Waals surface area contributed by atoms with Gasteiger partial charge in [0.1, 0.15) is 0 Å². The topological polar surface area (TPSA) is 128 Å². The Bertz CT molecular complexity index is 1430. The zero-order chi connectivity index (χ0) is 30.2. The second-order valence-corrected chi connectivity index (χ2v) is 11.4. The predicted molar refractivity (Wildman–Crippen MR) is 155 cm³/mol. The van der Waals surface area contributed by atoms with Crippen molar-refractivity contribution in [2.24, 2.45) is 5.92 Å². The van der Waals surface area contributed by atoms with Crippen molar-refractivity contribution in [2.45, 2.75) is 63.9 Å². The lowest BCUT2D eigenvalue weighted by atomic mass is 9.83. The first-order chi connectivity index (χ1) is 20.0. The first kappa shape index (κ1) is 29.8. The molecule has 2 aromatic carbocycles. The number of esters is 1. The number of benzene rings is 2. The van der Waals surface area contributed by atoms with Gasteiger partial charge in [0.25, 0.3) is 5.91 Å². The van der Waals surface area contributed by atoms with Gasteiger partial charge in [-0.1, -0.05) is 42.8 Å². The molecule has 0 aliphatic carbocycles. The summed E-state index contributed by atoms with van der Waals surface area (Å²) >= 11 is 6.29. The molecule has 2 saturated heterocycles. The van der Waals surface area contributed by atoms with Crippen LogP contribution in [-0.2, 0) is 36.1 Å². The molecule has 2 N–H and O–H groups in total. The highest BCUT2D eigenvalue weighted by molar-refractivity contribution is 6.31. The van der Waals surface area contributed by atoms with Crippen molar-refractivity contribution in [3.63, 3.8) is 0 Å². The van der Waals surface area contributed by atoms with Crippen molar-refractivity contribution in [3.05, 3.63) is 70.8 Å². The van der Waals surface area contributed by atoms with Crippen LogP contribution in [0.3, 0.4) is 0 Å². The minimum absolute atomic E-state index is 0.0681. The average Bonchev–Trinajstić information content (AvgIpc) is 3.51. The van der Waals surface area contributed by atoms with E-state index in [-0.39, 0.29) is 43.8 Å². The van der Waals surface area contributed by atoms with E-state index in [1.165, 1.54) is 16.7 Å². The van der Waals surface area contributed by atoms with E-state index in [1.807, 2.05) is 0 Å². The highest BCUT2D eigenvalue weighted by Gasteiger charge is 2.52. The van der Waals surface area contributed by atoms with E-state index in [0.717, 1.165) is 18.4 Å². The largest absolute Gasteiger partial charge is 0.441 e. The van der Waals surface area contributed by atoms with Crippen molar-refractivity contribution in [3.8, 4) is 0 Å². The first-order valence-electron chi connectivity index (χ1n) is 14.0. The van der Waals surface area contributed by atoms with Crippen LogP contribution in [0.25, 0.3) is 0 Å². The molecule has 0 aromatic heterocycles. The number of carbonyl (C=O) groups is 4. The average molecular weight is 596 g/mol. The number of aliphatic hydroxyl groups excluding tert-OH is 1. The van der Waals surface area contributed by atoms with Gasteiger partial charge in [0.2, 0.25) is 11.8 Å². The van der Waals surface area contributed by atoms with Gasteiger partial charge in [0.05, 0.1) is 31.3 Å². The molecule has 2 fully saturated rings. The Hall–Kier alpha value is -3.73. The maximum Gasteiger partial charge on any atom is 0.304 e. The van der Waals surface area contributed by atoms with Crippen LogP contribution in [0.5, 0.6) is 0 Å². The van der Waals surface area contributed by atoms with Gasteiger partial charge < -0.3 is 24.7 Å². The molecule has 2 aromatic rings. The predicted octanol–water partition coefficient (Wildman–Crippen LogP) is 3.27. The number of anilines is 2. The molecule has 3 heterocycles. The minimum Gasteiger partial charge on any atom is -0.441 e. The third-order valence-electron chi connectivity index (χ3n) is 8.28. The van der Waals surface area contributed by atoms with Gasteiger partial charge >= 0.3 is 5.97 Å². The lowest BCUT2D eigenvalue weighted by molar-refractivity contribution is -0.154. The Balaban J connectivity index is 1.32. The third kappa shape index (κ3) is 5.42. The number of hydrogen-bond donors (Lipinski definition) is 2. The number of carbonyl (C=O) groups excluding carboxylic acids is 4. The number of rotatable bonds is 9. The normalized spacial score (nSPS) is 24.3. The van der Waals surface area contributed by atoms with E-state index < -0.39 is 29.6 Å². The number of ether oxygens (including phenoxy) is 1. The first-order valence-corrected chi connectivity index (χ1v) is 14.4. The van der Waals surface area contributed by atoms with E-state index in [2.05, 4.69) is 0 Å². The number of hydrogen-bond acceptors (Lipinski definition) is 7. The summed E-state index contributed by atoms with van der Waals surface area (Å²) in [4.78, 5) is 54.6. The summed E-state index contributed by atoms with van der Waals surface area (Å²) in [5, 5.41) is 21.8. The van der Waals surface area contributed by atoms with E-state index >= 15 is 0 Å². The summed E-state index contributed by atoms with van der Waals surface area (Å²) in [6.07, 6.45) is 4.56. The van der Waals surface area contributed by atoms with Crippen LogP contribution in [0.4, 0.5) is 11.4 Å². The van der Waals surface area contributed by atoms with Gasteiger partial charge in [-0.2, -0.15) is 0 Å². The standard InChI is InChI=1S/C31H34ClN3O7/c1-19(5-3-7-27(38)33-14-4-6-24(33)18-36)31(41)25-15-22(32)10-13-26(25)34(30(31)40)17-21-8-11-23(12-9-21)35-28(39)16-29(35)42-20(2)37/h3,5,8-13,15,19,24,29,36,41H,4,6-7,14,16-18H2,1-2H3/b5-3+/t19-,24-,29?,31+/m0/s1. The fourth-order valence-electron chi connectivity index (χ4n) is 5.99. The molecule has 42 heavy (non-hydrogen) atoms. The quantitative estimate of drug-likeness (QED) is 0.259. The lowest BCUT2D eigenvalue weighted by Crippen LogP contribution is -2.54. The molecular formula is C31H34ClN3O7. The molecule has 0 spiro atoms. The van der Waals surface area contributed by atoms with Crippen molar-refractivity contribution >= 4 is 46.7 Å². The van der Waals surface area contributed by atoms with Crippen molar-refractivity contribution in [1.82, 2.24) is 4.90 Å². The Morgan fingerprint density at radius 3 is 2.60 bits per heavy atom. The van der Waals surface area contributed by atoms with Gasteiger partial charge in [-0.25, -0.2) is 0 Å². The van der Waals surface area contributed by atoms with Crippen LogP contribution < -0.4 is 9.80 Å². The third-order valence-corrected chi connectivity index (χ3v) is 8.51. The lowest BCUT2D eigenvalue weighted by Gasteiger charge is -2.39. The molecule has 11 heteroatoms.